The number of carbonyl (C=O) groups excluding carboxylic acids is 2. The number of likely N-dealkylation sites (tertiary alicyclic amines) is 1. The molecular formula is C22H26N4O2. The molecule has 2 amide bonds. The molecule has 0 unspecified atom stereocenters. The lowest BCUT2D eigenvalue weighted by Crippen LogP contribution is -2.40. The van der Waals surface area contributed by atoms with Gasteiger partial charge in [-0.1, -0.05) is 19.1 Å². The highest BCUT2D eigenvalue weighted by Gasteiger charge is 2.34. The Hall–Kier alpha value is -2.73. The quantitative estimate of drug-likeness (QED) is 0.839. The molecule has 146 valence electrons. The second kappa shape index (κ2) is 8.10. The van der Waals surface area contributed by atoms with Gasteiger partial charge in [-0.3, -0.25) is 19.5 Å². The Balaban J connectivity index is 1.47. The Morgan fingerprint density at radius 2 is 2.14 bits per heavy atom. The zero-order chi connectivity index (χ0) is 19.5. The van der Waals surface area contributed by atoms with E-state index in [2.05, 4.69) is 22.1 Å². The monoisotopic (exact) mass is 378 g/mol. The van der Waals surface area contributed by atoms with Crippen LogP contribution in [0.3, 0.4) is 0 Å². The summed E-state index contributed by atoms with van der Waals surface area (Å²) in [5, 5.41) is 2.92. The first-order valence-electron chi connectivity index (χ1n) is 10.0. The van der Waals surface area contributed by atoms with E-state index in [0.29, 0.717) is 30.3 Å². The number of fused-ring (bicyclic) bond motifs is 1. The van der Waals surface area contributed by atoms with Gasteiger partial charge in [0.1, 0.15) is 0 Å². The van der Waals surface area contributed by atoms with E-state index in [-0.39, 0.29) is 11.8 Å². The highest BCUT2D eigenvalue weighted by atomic mass is 16.2. The summed E-state index contributed by atoms with van der Waals surface area (Å²) in [5.41, 5.74) is 2.89. The van der Waals surface area contributed by atoms with Crippen molar-refractivity contribution in [3.05, 3.63) is 65.0 Å². The van der Waals surface area contributed by atoms with Crippen LogP contribution in [-0.4, -0.2) is 52.3 Å². The summed E-state index contributed by atoms with van der Waals surface area (Å²) < 4.78 is 0. The first-order valence-corrected chi connectivity index (χ1v) is 10.0. The van der Waals surface area contributed by atoms with Crippen LogP contribution in [0.4, 0.5) is 0 Å². The predicted molar refractivity (Wildman–Crippen MR) is 107 cm³/mol. The van der Waals surface area contributed by atoms with E-state index in [1.54, 1.807) is 18.3 Å². The van der Waals surface area contributed by atoms with Gasteiger partial charge < -0.3 is 10.2 Å². The van der Waals surface area contributed by atoms with Crippen molar-refractivity contribution in [1.82, 2.24) is 20.1 Å². The van der Waals surface area contributed by atoms with Crippen molar-refractivity contribution in [2.75, 3.05) is 19.6 Å². The summed E-state index contributed by atoms with van der Waals surface area (Å²) in [6.07, 6.45) is 4.03. The molecule has 28 heavy (non-hydrogen) atoms. The van der Waals surface area contributed by atoms with Gasteiger partial charge in [0.05, 0.1) is 12.2 Å². The van der Waals surface area contributed by atoms with Gasteiger partial charge in [-0.2, -0.15) is 0 Å². The Bertz CT molecular complexity index is 868. The van der Waals surface area contributed by atoms with E-state index in [1.807, 2.05) is 29.2 Å². The number of likely N-dealkylation sites (N-methyl/N-ethyl adjacent to an activating group) is 1. The second-order valence-corrected chi connectivity index (χ2v) is 7.45. The molecule has 1 fully saturated rings. The first kappa shape index (κ1) is 18.6. The van der Waals surface area contributed by atoms with Crippen molar-refractivity contribution in [3.63, 3.8) is 0 Å². The molecule has 2 aliphatic rings. The lowest BCUT2D eigenvalue weighted by Gasteiger charge is -2.27. The summed E-state index contributed by atoms with van der Waals surface area (Å²) in [5.74, 6) is -0.120. The maximum absolute atomic E-state index is 12.9. The number of benzene rings is 1. The number of carbonyl (C=O) groups is 2. The fourth-order valence-corrected chi connectivity index (χ4v) is 4.29. The molecule has 0 radical (unpaired) electrons. The van der Waals surface area contributed by atoms with Crippen molar-refractivity contribution in [1.29, 1.82) is 0 Å². The van der Waals surface area contributed by atoms with Gasteiger partial charge in [0.2, 0.25) is 0 Å². The van der Waals surface area contributed by atoms with Crippen LogP contribution in [0.15, 0.2) is 42.6 Å². The molecular weight excluding hydrogens is 352 g/mol. The van der Waals surface area contributed by atoms with Gasteiger partial charge in [-0.15, -0.1) is 0 Å². The van der Waals surface area contributed by atoms with Gasteiger partial charge >= 0.3 is 0 Å². The highest BCUT2D eigenvalue weighted by Crippen LogP contribution is 2.28. The molecule has 2 aromatic rings. The van der Waals surface area contributed by atoms with Gasteiger partial charge in [0.25, 0.3) is 11.8 Å². The van der Waals surface area contributed by atoms with E-state index >= 15 is 0 Å². The van der Waals surface area contributed by atoms with E-state index in [1.165, 1.54) is 6.42 Å². The van der Waals surface area contributed by atoms with Gasteiger partial charge in [-0.05, 0) is 55.8 Å². The largest absolute Gasteiger partial charge is 0.346 e. The zero-order valence-electron chi connectivity index (χ0n) is 16.2. The summed E-state index contributed by atoms with van der Waals surface area (Å²) >= 11 is 0. The van der Waals surface area contributed by atoms with Gasteiger partial charge in [-0.25, -0.2) is 0 Å². The maximum atomic E-state index is 12.9. The standard InChI is InChI=1S/C22H26N4O2/c1-2-25-12-6-8-17(25)14-26-15-20-18(9-5-10-19(20)22(26)28)21(27)24-13-16-7-3-4-11-23-16/h3-5,7,9-11,17H,2,6,8,12-15H2,1H3,(H,24,27)/t17-/m1/s1. The van der Waals surface area contributed by atoms with Gasteiger partial charge in [0.15, 0.2) is 0 Å². The number of amides is 2. The number of rotatable bonds is 6. The Morgan fingerprint density at radius 1 is 1.25 bits per heavy atom. The van der Waals surface area contributed by atoms with Crippen molar-refractivity contribution < 1.29 is 9.59 Å². The number of nitrogens with zero attached hydrogens (tertiary/aromatic N) is 3. The normalized spacial score (nSPS) is 19.1. The minimum Gasteiger partial charge on any atom is -0.346 e. The van der Waals surface area contributed by atoms with Gasteiger partial charge in [0, 0.05) is 36.5 Å². The molecule has 2 aliphatic heterocycles. The van der Waals surface area contributed by atoms with Crippen LogP contribution in [-0.2, 0) is 13.1 Å². The molecule has 3 heterocycles. The second-order valence-electron chi connectivity index (χ2n) is 7.45. The minimum atomic E-state index is -0.159. The highest BCUT2D eigenvalue weighted by molar-refractivity contribution is 6.04. The molecule has 4 rings (SSSR count). The van der Waals surface area contributed by atoms with Crippen LogP contribution >= 0.6 is 0 Å². The Kier molecular flexibility index (Phi) is 5.39. The Morgan fingerprint density at radius 3 is 2.93 bits per heavy atom. The van der Waals surface area contributed by atoms with E-state index in [4.69, 9.17) is 0 Å². The first-order chi connectivity index (χ1) is 13.7. The number of hydrogen-bond donors (Lipinski definition) is 1. The van der Waals surface area contributed by atoms with Crippen LogP contribution in [0.25, 0.3) is 0 Å². The average Bonchev–Trinajstić information content (AvgIpc) is 3.31. The predicted octanol–water partition coefficient (Wildman–Crippen LogP) is 2.45. The number of nitrogens with one attached hydrogen (secondary N) is 1. The molecule has 0 bridgehead atoms. The zero-order valence-corrected chi connectivity index (χ0v) is 16.2. The average molecular weight is 378 g/mol. The summed E-state index contributed by atoms with van der Waals surface area (Å²) in [7, 11) is 0. The van der Waals surface area contributed by atoms with Crippen LogP contribution in [0.5, 0.6) is 0 Å². The van der Waals surface area contributed by atoms with Crippen molar-refractivity contribution in [3.8, 4) is 0 Å². The summed E-state index contributed by atoms with van der Waals surface area (Å²) in [6.45, 7) is 5.90. The summed E-state index contributed by atoms with van der Waals surface area (Å²) in [6, 6.07) is 11.5. The smallest absolute Gasteiger partial charge is 0.254 e. The molecule has 1 aromatic heterocycles. The molecule has 0 aliphatic carbocycles. The molecule has 1 N–H and O–H groups in total. The van der Waals surface area contributed by atoms with Crippen LogP contribution in [0, 0.1) is 0 Å². The molecule has 1 saturated heterocycles. The third-order valence-corrected chi connectivity index (χ3v) is 5.78. The molecule has 0 saturated carbocycles. The molecule has 1 aromatic carbocycles. The molecule has 1 atom stereocenters. The third-order valence-electron chi connectivity index (χ3n) is 5.78. The van der Waals surface area contributed by atoms with Crippen LogP contribution in [0.2, 0.25) is 0 Å². The maximum Gasteiger partial charge on any atom is 0.254 e. The fraction of sp³-hybridized carbons (Fsp3) is 0.409. The minimum absolute atomic E-state index is 0.0392. The van der Waals surface area contributed by atoms with Crippen molar-refractivity contribution in [2.24, 2.45) is 0 Å². The van der Waals surface area contributed by atoms with Crippen LogP contribution < -0.4 is 5.32 Å². The fourth-order valence-electron chi connectivity index (χ4n) is 4.29. The third kappa shape index (κ3) is 3.64. The number of aromatic nitrogens is 1. The topological polar surface area (TPSA) is 65.5 Å². The van der Waals surface area contributed by atoms with E-state index < -0.39 is 0 Å². The Labute approximate surface area is 165 Å². The van der Waals surface area contributed by atoms with Crippen LogP contribution in [0.1, 0.15) is 51.7 Å². The van der Waals surface area contributed by atoms with E-state index in [0.717, 1.165) is 37.3 Å². The lowest BCUT2D eigenvalue weighted by molar-refractivity contribution is 0.0730. The number of hydrogen-bond acceptors (Lipinski definition) is 4. The molecule has 6 heteroatoms. The van der Waals surface area contributed by atoms with Crippen molar-refractivity contribution in [2.45, 2.75) is 38.9 Å². The summed E-state index contributed by atoms with van der Waals surface area (Å²) in [4.78, 5) is 34.2. The molecule has 6 nitrogen and oxygen atoms in total. The van der Waals surface area contributed by atoms with Crippen molar-refractivity contribution >= 4 is 11.8 Å². The van der Waals surface area contributed by atoms with E-state index in [9.17, 15) is 9.59 Å². The SMILES string of the molecule is CCN1CCC[C@@H]1CN1Cc2c(C(=O)NCc3ccccn3)cccc2C1=O. The molecule has 0 spiro atoms. The number of pyridine rings is 1. The lowest BCUT2D eigenvalue weighted by atomic mass is 10.0.